The van der Waals surface area contributed by atoms with Crippen molar-refractivity contribution in [2.24, 2.45) is 5.92 Å². The molecule has 2 atom stereocenters. The normalized spacial score (nSPS) is 22.7. The second-order valence-corrected chi connectivity index (χ2v) is 4.78. The van der Waals surface area contributed by atoms with Gasteiger partial charge in [0, 0.05) is 6.04 Å². The fourth-order valence-electron chi connectivity index (χ4n) is 2.40. The van der Waals surface area contributed by atoms with E-state index in [2.05, 4.69) is 5.32 Å². The first-order chi connectivity index (χ1) is 8.65. The summed E-state index contributed by atoms with van der Waals surface area (Å²) in [6.07, 6.45) is 2.33. The molecule has 0 spiro atoms. The van der Waals surface area contributed by atoms with Gasteiger partial charge in [0.1, 0.15) is 0 Å². The van der Waals surface area contributed by atoms with Gasteiger partial charge >= 0.3 is 5.97 Å². The smallest absolute Gasteiger partial charge is 0.306 e. The molecule has 18 heavy (non-hydrogen) atoms. The van der Waals surface area contributed by atoms with E-state index in [1.54, 1.807) is 0 Å². The number of nitrogens with one attached hydrogen (secondary N) is 1. The van der Waals surface area contributed by atoms with Crippen molar-refractivity contribution in [2.75, 3.05) is 0 Å². The standard InChI is InChI=1S/C14H17NO3/c16-13(8-10-4-2-1-3-5-10)15-12-7-6-11(9-12)14(17)18/h1-5,11-12H,6-9H2,(H,15,16)(H,17,18)/t11-,12+/m0/s1. The van der Waals surface area contributed by atoms with Crippen molar-refractivity contribution < 1.29 is 14.7 Å². The maximum atomic E-state index is 11.8. The van der Waals surface area contributed by atoms with Gasteiger partial charge in [0.05, 0.1) is 12.3 Å². The predicted molar refractivity (Wildman–Crippen MR) is 67.1 cm³/mol. The quantitative estimate of drug-likeness (QED) is 0.849. The Morgan fingerprint density at radius 2 is 1.94 bits per heavy atom. The van der Waals surface area contributed by atoms with Crippen LogP contribution in [0.2, 0.25) is 0 Å². The van der Waals surface area contributed by atoms with E-state index in [1.807, 2.05) is 30.3 Å². The third-order valence-electron chi connectivity index (χ3n) is 3.35. The number of amides is 1. The predicted octanol–water partition coefficient (Wildman–Crippen LogP) is 1.60. The number of carboxylic acids is 1. The van der Waals surface area contributed by atoms with Gasteiger partial charge < -0.3 is 10.4 Å². The molecule has 1 amide bonds. The molecule has 0 unspecified atom stereocenters. The summed E-state index contributed by atoms with van der Waals surface area (Å²) >= 11 is 0. The zero-order valence-corrected chi connectivity index (χ0v) is 10.1. The van der Waals surface area contributed by atoms with Gasteiger partial charge in [-0.25, -0.2) is 0 Å². The second kappa shape index (κ2) is 5.67. The highest BCUT2D eigenvalue weighted by Crippen LogP contribution is 2.25. The Hall–Kier alpha value is -1.84. The van der Waals surface area contributed by atoms with Crippen LogP contribution in [0.3, 0.4) is 0 Å². The van der Waals surface area contributed by atoms with Crippen LogP contribution in [0.15, 0.2) is 30.3 Å². The van der Waals surface area contributed by atoms with E-state index >= 15 is 0 Å². The number of benzene rings is 1. The molecule has 0 aliphatic heterocycles. The van der Waals surface area contributed by atoms with Gasteiger partial charge in [0.25, 0.3) is 0 Å². The van der Waals surface area contributed by atoms with Gasteiger partial charge in [-0.05, 0) is 24.8 Å². The number of carbonyl (C=O) groups excluding carboxylic acids is 1. The molecular weight excluding hydrogens is 230 g/mol. The molecule has 2 N–H and O–H groups in total. The van der Waals surface area contributed by atoms with Crippen LogP contribution in [-0.2, 0) is 16.0 Å². The molecule has 4 nitrogen and oxygen atoms in total. The SMILES string of the molecule is O=C(Cc1ccccc1)N[C@@H]1CC[C@H](C(=O)O)C1. The van der Waals surface area contributed by atoms with Crippen LogP contribution in [0.4, 0.5) is 0 Å². The van der Waals surface area contributed by atoms with Gasteiger partial charge in [0.15, 0.2) is 0 Å². The second-order valence-electron chi connectivity index (χ2n) is 4.78. The highest BCUT2D eigenvalue weighted by Gasteiger charge is 2.30. The van der Waals surface area contributed by atoms with E-state index < -0.39 is 5.97 Å². The molecule has 0 bridgehead atoms. The van der Waals surface area contributed by atoms with Crippen molar-refractivity contribution in [3.63, 3.8) is 0 Å². The molecule has 1 aromatic carbocycles. The topological polar surface area (TPSA) is 66.4 Å². The van der Waals surface area contributed by atoms with Gasteiger partial charge in [-0.2, -0.15) is 0 Å². The third kappa shape index (κ3) is 3.32. The fourth-order valence-corrected chi connectivity index (χ4v) is 2.40. The molecule has 96 valence electrons. The Balaban J connectivity index is 1.80. The number of carbonyl (C=O) groups is 2. The number of hydrogen-bond acceptors (Lipinski definition) is 2. The Morgan fingerprint density at radius 3 is 2.56 bits per heavy atom. The minimum atomic E-state index is -0.755. The summed E-state index contributed by atoms with van der Waals surface area (Å²) in [5, 5.41) is 11.8. The van der Waals surface area contributed by atoms with Gasteiger partial charge in [-0.1, -0.05) is 30.3 Å². The van der Waals surface area contributed by atoms with Gasteiger partial charge in [-0.3, -0.25) is 9.59 Å². The number of rotatable bonds is 4. The van der Waals surface area contributed by atoms with Crippen LogP contribution in [0.1, 0.15) is 24.8 Å². The molecule has 2 rings (SSSR count). The Kier molecular flexibility index (Phi) is 3.97. The molecule has 4 heteroatoms. The summed E-state index contributed by atoms with van der Waals surface area (Å²) in [4.78, 5) is 22.6. The van der Waals surface area contributed by atoms with Gasteiger partial charge in [-0.15, -0.1) is 0 Å². The van der Waals surface area contributed by atoms with Crippen molar-refractivity contribution in [1.29, 1.82) is 0 Å². The molecule has 0 radical (unpaired) electrons. The molecule has 1 aliphatic carbocycles. The zero-order valence-electron chi connectivity index (χ0n) is 10.1. The molecular formula is C14H17NO3. The summed E-state index contributed by atoms with van der Waals surface area (Å²) in [6, 6.07) is 9.55. The highest BCUT2D eigenvalue weighted by atomic mass is 16.4. The van der Waals surface area contributed by atoms with E-state index in [1.165, 1.54) is 0 Å². The minimum Gasteiger partial charge on any atom is -0.481 e. The number of aliphatic carboxylic acids is 1. The zero-order chi connectivity index (χ0) is 13.0. The molecule has 0 aromatic heterocycles. The van der Waals surface area contributed by atoms with E-state index in [0.717, 1.165) is 12.0 Å². The van der Waals surface area contributed by atoms with Crippen LogP contribution in [-0.4, -0.2) is 23.0 Å². The number of hydrogen-bond donors (Lipinski definition) is 2. The molecule has 1 aromatic rings. The molecule has 1 saturated carbocycles. The van der Waals surface area contributed by atoms with Crippen molar-refractivity contribution >= 4 is 11.9 Å². The molecule has 1 fully saturated rings. The van der Waals surface area contributed by atoms with E-state index in [9.17, 15) is 9.59 Å². The van der Waals surface area contributed by atoms with E-state index in [4.69, 9.17) is 5.11 Å². The Labute approximate surface area is 106 Å². The summed E-state index contributed by atoms with van der Waals surface area (Å²) in [5.41, 5.74) is 0.975. The Morgan fingerprint density at radius 1 is 1.22 bits per heavy atom. The van der Waals surface area contributed by atoms with E-state index in [-0.39, 0.29) is 17.9 Å². The maximum absolute atomic E-state index is 11.8. The molecule has 0 heterocycles. The lowest BCUT2D eigenvalue weighted by atomic mass is 10.1. The fraction of sp³-hybridized carbons (Fsp3) is 0.429. The summed E-state index contributed by atoms with van der Waals surface area (Å²) in [5.74, 6) is -1.08. The van der Waals surface area contributed by atoms with Crippen LogP contribution >= 0.6 is 0 Å². The largest absolute Gasteiger partial charge is 0.481 e. The first kappa shape index (κ1) is 12.6. The lowest BCUT2D eigenvalue weighted by Gasteiger charge is -2.12. The van der Waals surface area contributed by atoms with Crippen molar-refractivity contribution in [2.45, 2.75) is 31.7 Å². The lowest BCUT2D eigenvalue weighted by Crippen LogP contribution is -2.34. The van der Waals surface area contributed by atoms with E-state index in [0.29, 0.717) is 19.3 Å². The molecule has 1 aliphatic rings. The maximum Gasteiger partial charge on any atom is 0.306 e. The summed E-state index contributed by atoms with van der Waals surface area (Å²) in [7, 11) is 0. The highest BCUT2D eigenvalue weighted by molar-refractivity contribution is 5.79. The summed E-state index contributed by atoms with van der Waals surface area (Å²) < 4.78 is 0. The summed E-state index contributed by atoms with van der Waals surface area (Å²) in [6.45, 7) is 0. The average Bonchev–Trinajstić information content (AvgIpc) is 2.78. The van der Waals surface area contributed by atoms with Crippen LogP contribution < -0.4 is 5.32 Å². The third-order valence-corrected chi connectivity index (χ3v) is 3.35. The molecule has 0 saturated heterocycles. The van der Waals surface area contributed by atoms with Crippen molar-refractivity contribution in [1.82, 2.24) is 5.32 Å². The first-order valence-corrected chi connectivity index (χ1v) is 6.21. The average molecular weight is 247 g/mol. The van der Waals surface area contributed by atoms with Crippen LogP contribution in [0.5, 0.6) is 0 Å². The van der Waals surface area contributed by atoms with Crippen molar-refractivity contribution in [3.8, 4) is 0 Å². The van der Waals surface area contributed by atoms with Crippen LogP contribution in [0, 0.1) is 5.92 Å². The van der Waals surface area contributed by atoms with Gasteiger partial charge in [0.2, 0.25) is 5.91 Å². The minimum absolute atomic E-state index is 0.0160. The van der Waals surface area contributed by atoms with Crippen molar-refractivity contribution in [3.05, 3.63) is 35.9 Å². The Bertz CT molecular complexity index is 430. The number of carboxylic acid groups (broad SMARTS) is 1. The lowest BCUT2D eigenvalue weighted by molar-refractivity contribution is -0.141. The van der Waals surface area contributed by atoms with Crippen LogP contribution in [0.25, 0.3) is 0 Å². The first-order valence-electron chi connectivity index (χ1n) is 6.21. The monoisotopic (exact) mass is 247 g/mol.